The van der Waals surface area contributed by atoms with Gasteiger partial charge in [0.1, 0.15) is 5.82 Å². The van der Waals surface area contributed by atoms with Crippen LogP contribution in [0.4, 0.5) is 10.1 Å². The van der Waals surface area contributed by atoms with E-state index in [2.05, 4.69) is 22.3 Å². The van der Waals surface area contributed by atoms with Crippen LogP contribution in [-0.2, 0) is 4.79 Å². The molecular weight excluding hydrogens is 385 g/mol. The Kier molecular flexibility index (Phi) is 5.38. The topological polar surface area (TPSA) is 45.2 Å². The number of benzene rings is 2. The summed E-state index contributed by atoms with van der Waals surface area (Å²) in [6, 6.07) is 12.2. The summed E-state index contributed by atoms with van der Waals surface area (Å²) < 4.78 is 14.3. The molecule has 2 heterocycles. The van der Waals surface area contributed by atoms with Crippen molar-refractivity contribution in [1.29, 1.82) is 0 Å². The number of nitrogens with one attached hydrogen (secondary N) is 1. The van der Waals surface area contributed by atoms with Gasteiger partial charge in [-0.3, -0.25) is 9.69 Å². The van der Waals surface area contributed by atoms with E-state index in [1.54, 1.807) is 11.3 Å². The van der Waals surface area contributed by atoms with Crippen molar-refractivity contribution >= 4 is 44.7 Å². The SMILES string of the molecule is O=C(CN1CCC(c2nc3ccccc3s2)CC1)Nc1ccc(F)cc1Cl. The fourth-order valence-corrected chi connectivity index (χ4v) is 4.74. The van der Waals surface area contributed by atoms with Gasteiger partial charge < -0.3 is 5.32 Å². The second kappa shape index (κ2) is 7.92. The summed E-state index contributed by atoms with van der Waals surface area (Å²) in [5.74, 6) is -0.106. The van der Waals surface area contributed by atoms with E-state index in [-0.39, 0.29) is 10.9 Å². The summed E-state index contributed by atoms with van der Waals surface area (Å²) in [4.78, 5) is 19.2. The monoisotopic (exact) mass is 403 g/mol. The van der Waals surface area contributed by atoms with Gasteiger partial charge in [-0.1, -0.05) is 23.7 Å². The molecular formula is C20H19ClFN3OS. The number of carbonyl (C=O) groups excluding carboxylic acids is 1. The van der Waals surface area contributed by atoms with Crippen molar-refractivity contribution in [2.75, 3.05) is 25.0 Å². The van der Waals surface area contributed by atoms with Gasteiger partial charge in [0.15, 0.2) is 0 Å². The van der Waals surface area contributed by atoms with E-state index in [1.165, 1.54) is 27.9 Å². The van der Waals surface area contributed by atoms with Gasteiger partial charge in [-0.15, -0.1) is 11.3 Å². The molecule has 1 saturated heterocycles. The number of nitrogens with zero attached hydrogens (tertiary/aromatic N) is 2. The van der Waals surface area contributed by atoms with E-state index in [0.717, 1.165) is 31.4 Å². The number of halogens is 2. The zero-order valence-corrected chi connectivity index (χ0v) is 16.2. The maximum atomic E-state index is 13.1. The summed E-state index contributed by atoms with van der Waals surface area (Å²) in [6.45, 7) is 2.01. The van der Waals surface area contributed by atoms with Crippen LogP contribution in [0.25, 0.3) is 10.2 Å². The Bertz CT molecular complexity index is 936. The van der Waals surface area contributed by atoms with Gasteiger partial charge in [0, 0.05) is 5.92 Å². The summed E-state index contributed by atoms with van der Waals surface area (Å²) in [5.41, 5.74) is 1.50. The number of anilines is 1. The van der Waals surface area contributed by atoms with Crippen LogP contribution in [0.1, 0.15) is 23.8 Å². The van der Waals surface area contributed by atoms with Crippen molar-refractivity contribution in [3.8, 4) is 0 Å². The van der Waals surface area contributed by atoms with Crippen LogP contribution in [0.3, 0.4) is 0 Å². The van der Waals surface area contributed by atoms with E-state index < -0.39 is 5.82 Å². The molecule has 1 aliphatic heterocycles. The molecule has 1 amide bonds. The molecule has 140 valence electrons. The average molecular weight is 404 g/mol. The predicted molar refractivity (Wildman–Crippen MR) is 108 cm³/mol. The number of rotatable bonds is 4. The van der Waals surface area contributed by atoms with Crippen LogP contribution in [-0.4, -0.2) is 35.4 Å². The first-order valence-electron chi connectivity index (χ1n) is 8.91. The quantitative estimate of drug-likeness (QED) is 0.673. The fraction of sp³-hybridized carbons (Fsp3) is 0.300. The lowest BCUT2D eigenvalue weighted by Crippen LogP contribution is -2.38. The van der Waals surface area contributed by atoms with Crippen LogP contribution in [0, 0.1) is 5.82 Å². The van der Waals surface area contributed by atoms with Crippen molar-refractivity contribution in [3.63, 3.8) is 0 Å². The first-order valence-corrected chi connectivity index (χ1v) is 10.1. The maximum Gasteiger partial charge on any atom is 0.238 e. The second-order valence-electron chi connectivity index (χ2n) is 6.74. The molecule has 3 aromatic rings. The van der Waals surface area contributed by atoms with E-state index >= 15 is 0 Å². The number of hydrogen-bond donors (Lipinski definition) is 1. The molecule has 27 heavy (non-hydrogen) atoms. The Morgan fingerprint density at radius 3 is 2.78 bits per heavy atom. The molecule has 1 aliphatic rings. The zero-order chi connectivity index (χ0) is 18.8. The third-order valence-electron chi connectivity index (χ3n) is 4.82. The van der Waals surface area contributed by atoms with E-state index in [4.69, 9.17) is 16.6 Å². The van der Waals surface area contributed by atoms with Gasteiger partial charge in [-0.25, -0.2) is 9.37 Å². The normalized spacial score (nSPS) is 15.9. The van der Waals surface area contributed by atoms with Crippen molar-refractivity contribution in [2.45, 2.75) is 18.8 Å². The van der Waals surface area contributed by atoms with Gasteiger partial charge in [0.05, 0.1) is 32.5 Å². The Balaban J connectivity index is 1.31. The largest absolute Gasteiger partial charge is 0.324 e. The standard InChI is InChI=1S/C20H19ClFN3OS/c21-15-11-14(22)5-6-16(15)23-19(26)12-25-9-7-13(8-10-25)20-24-17-3-1-2-4-18(17)27-20/h1-6,11,13H,7-10,12H2,(H,23,26). The Morgan fingerprint density at radius 2 is 2.04 bits per heavy atom. The van der Waals surface area contributed by atoms with Crippen molar-refractivity contribution in [3.05, 3.63) is 58.3 Å². The lowest BCUT2D eigenvalue weighted by molar-refractivity contribution is -0.117. The van der Waals surface area contributed by atoms with Gasteiger partial charge in [0.25, 0.3) is 0 Å². The van der Waals surface area contributed by atoms with Crippen molar-refractivity contribution in [1.82, 2.24) is 9.88 Å². The molecule has 4 nitrogen and oxygen atoms in total. The number of piperidine rings is 1. The minimum Gasteiger partial charge on any atom is -0.324 e. The second-order valence-corrected chi connectivity index (χ2v) is 8.21. The van der Waals surface area contributed by atoms with Gasteiger partial charge in [0.2, 0.25) is 5.91 Å². The molecule has 0 aliphatic carbocycles. The Labute approximate surface area is 166 Å². The minimum atomic E-state index is -0.421. The number of fused-ring (bicyclic) bond motifs is 1. The Hall–Kier alpha value is -2.02. The highest BCUT2D eigenvalue weighted by Gasteiger charge is 2.24. The van der Waals surface area contributed by atoms with Gasteiger partial charge in [-0.05, 0) is 56.3 Å². The van der Waals surface area contributed by atoms with Crippen LogP contribution < -0.4 is 5.32 Å². The van der Waals surface area contributed by atoms with Crippen LogP contribution in [0.2, 0.25) is 5.02 Å². The molecule has 0 saturated carbocycles. The molecule has 0 unspecified atom stereocenters. The third-order valence-corrected chi connectivity index (χ3v) is 6.33. The van der Waals surface area contributed by atoms with Gasteiger partial charge in [-0.2, -0.15) is 0 Å². The molecule has 0 radical (unpaired) electrons. The molecule has 0 bridgehead atoms. The van der Waals surface area contributed by atoms with E-state index in [0.29, 0.717) is 18.2 Å². The van der Waals surface area contributed by atoms with Crippen LogP contribution in [0.5, 0.6) is 0 Å². The van der Waals surface area contributed by atoms with Crippen molar-refractivity contribution < 1.29 is 9.18 Å². The molecule has 1 fully saturated rings. The fourth-order valence-electron chi connectivity index (χ4n) is 3.39. The molecule has 0 spiro atoms. The summed E-state index contributed by atoms with van der Waals surface area (Å²) >= 11 is 7.73. The summed E-state index contributed by atoms with van der Waals surface area (Å²) in [7, 11) is 0. The number of aromatic nitrogens is 1. The average Bonchev–Trinajstić information content (AvgIpc) is 3.09. The van der Waals surface area contributed by atoms with E-state index in [9.17, 15) is 9.18 Å². The third kappa shape index (κ3) is 4.29. The number of hydrogen-bond acceptors (Lipinski definition) is 4. The lowest BCUT2D eigenvalue weighted by Gasteiger charge is -2.30. The molecule has 2 aromatic carbocycles. The number of amides is 1. The summed E-state index contributed by atoms with van der Waals surface area (Å²) in [5, 5.41) is 4.16. The van der Waals surface area contributed by atoms with Crippen molar-refractivity contribution in [2.24, 2.45) is 0 Å². The molecule has 1 N–H and O–H groups in total. The molecule has 1 aromatic heterocycles. The highest BCUT2D eigenvalue weighted by atomic mass is 35.5. The Morgan fingerprint density at radius 1 is 1.26 bits per heavy atom. The van der Waals surface area contributed by atoms with Gasteiger partial charge >= 0.3 is 0 Å². The minimum absolute atomic E-state index is 0.137. The maximum absolute atomic E-state index is 13.1. The highest BCUT2D eigenvalue weighted by Crippen LogP contribution is 2.33. The van der Waals surface area contributed by atoms with Crippen LogP contribution >= 0.6 is 22.9 Å². The first kappa shape index (κ1) is 18.3. The highest BCUT2D eigenvalue weighted by molar-refractivity contribution is 7.18. The molecule has 4 rings (SSSR count). The predicted octanol–water partition coefficient (Wildman–Crippen LogP) is 4.91. The molecule has 7 heteroatoms. The smallest absolute Gasteiger partial charge is 0.238 e. The first-order chi connectivity index (χ1) is 13.1. The van der Waals surface area contributed by atoms with Crippen LogP contribution in [0.15, 0.2) is 42.5 Å². The lowest BCUT2D eigenvalue weighted by atomic mass is 9.97. The summed E-state index contributed by atoms with van der Waals surface area (Å²) in [6.07, 6.45) is 1.98. The zero-order valence-electron chi connectivity index (χ0n) is 14.6. The number of thiazole rings is 1. The van der Waals surface area contributed by atoms with E-state index in [1.807, 2.05) is 12.1 Å². The number of likely N-dealkylation sites (tertiary alicyclic amines) is 1. The number of carbonyl (C=O) groups is 1. The molecule has 0 atom stereocenters. The number of para-hydroxylation sites is 1.